The Morgan fingerprint density at radius 1 is 1.27 bits per heavy atom. The second kappa shape index (κ2) is 10.6. The van der Waals surface area contributed by atoms with Gasteiger partial charge < -0.3 is 14.6 Å². The Balaban J connectivity index is 1.49. The van der Waals surface area contributed by atoms with Crippen LogP contribution in [0.4, 0.5) is 0 Å². The first-order valence-electron chi connectivity index (χ1n) is 9.33. The Bertz CT molecular complexity index is 682. The Morgan fingerprint density at radius 3 is 2.85 bits per heavy atom. The molecule has 1 N–H and O–H groups in total. The van der Waals surface area contributed by atoms with Gasteiger partial charge in [-0.1, -0.05) is 31.1 Å². The molecule has 0 radical (unpaired) electrons. The summed E-state index contributed by atoms with van der Waals surface area (Å²) < 4.78 is 10.9. The van der Waals surface area contributed by atoms with E-state index in [0.29, 0.717) is 31.9 Å². The maximum absolute atomic E-state index is 11.8. The number of rotatable bonds is 11. The highest BCUT2D eigenvalue weighted by Gasteiger charge is 2.09. The fourth-order valence-corrected chi connectivity index (χ4v) is 2.44. The lowest BCUT2D eigenvalue weighted by Crippen LogP contribution is -2.24. The topological polar surface area (TPSA) is 77.2 Å². The molecule has 1 aromatic heterocycles. The predicted molar refractivity (Wildman–Crippen MR) is 100 cm³/mol. The van der Waals surface area contributed by atoms with Crippen molar-refractivity contribution in [2.45, 2.75) is 58.8 Å². The highest BCUT2D eigenvalue weighted by molar-refractivity contribution is 5.75. The van der Waals surface area contributed by atoms with Gasteiger partial charge in [-0.25, -0.2) is 0 Å². The van der Waals surface area contributed by atoms with Gasteiger partial charge in [0.05, 0.1) is 6.61 Å². The largest absolute Gasteiger partial charge is 0.494 e. The van der Waals surface area contributed by atoms with E-state index in [1.165, 1.54) is 5.56 Å². The molecule has 6 heteroatoms. The number of aryl methyl sites for hydroxylation is 2. The number of hydrogen-bond acceptors (Lipinski definition) is 5. The van der Waals surface area contributed by atoms with E-state index in [1.54, 1.807) is 0 Å². The fourth-order valence-electron chi connectivity index (χ4n) is 2.44. The van der Waals surface area contributed by atoms with Crippen LogP contribution in [0.2, 0.25) is 0 Å². The molecular weight excluding hydrogens is 330 g/mol. The summed E-state index contributed by atoms with van der Waals surface area (Å²) in [5.41, 5.74) is 1.18. The van der Waals surface area contributed by atoms with E-state index < -0.39 is 0 Å². The molecule has 0 atom stereocenters. The first-order chi connectivity index (χ1) is 12.5. The summed E-state index contributed by atoms with van der Waals surface area (Å²) >= 11 is 0. The third-order valence-electron chi connectivity index (χ3n) is 3.95. The average Bonchev–Trinajstić information content (AvgIpc) is 3.08. The lowest BCUT2D eigenvalue weighted by molar-refractivity contribution is -0.121. The Hall–Kier alpha value is -2.37. The molecule has 142 valence electrons. The maximum atomic E-state index is 11.8. The van der Waals surface area contributed by atoms with Crippen LogP contribution in [0.15, 0.2) is 28.8 Å². The molecule has 0 spiro atoms. The number of unbranched alkanes of at least 4 members (excludes halogenated alkanes) is 1. The number of nitrogens with one attached hydrogen (secondary N) is 1. The van der Waals surface area contributed by atoms with Gasteiger partial charge in [0.1, 0.15) is 5.75 Å². The zero-order valence-electron chi connectivity index (χ0n) is 16.0. The minimum absolute atomic E-state index is 0.0777. The molecule has 0 saturated heterocycles. The molecule has 26 heavy (non-hydrogen) atoms. The number of benzene rings is 1. The first-order valence-corrected chi connectivity index (χ1v) is 9.33. The van der Waals surface area contributed by atoms with E-state index in [4.69, 9.17) is 9.26 Å². The molecule has 0 aliphatic rings. The number of ether oxygens (including phenoxy) is 1. The van der Waals surface area contributed by atoms with E-state index in [9.17, 15) is 4.79 Å². The van der Waals surface area contributed by atoms with E-state index in [0.717, 1.165) is 30.8 Å². The number of hydrogen-bond donors (Lipinski definition) is 1. The minimum atomic E-state index is 0.0777. The van der Waals surface area contributed by atoms with Crippen LogP contribution in [0.3, 0.4) is 0 Å². The van der Waals surface area contributed by atoms with Crippen LogP contribution in [0.1, 0.15) is 62.7 Å². The molecule has 1 amide bonds. The van der Waals surface area contributed by atoms with E-state index >= 15 is 0 Å². The average molecular weight is 359 g/mol. The highest BCUT2D eigenvalue weighted by Crippen LogP contribution is 2.13. The lowest BCUT2D eigenvalue weighted by Gasteiger charge is -2.07. The van der Waals surface area contributed by atoms with Crippen LogP contribution in [-0.2, 0) is 11.2 Å². The third kappa shape index (κ3) is 7.25. The second-order valence-corrected chi connectivity index (χ2v) is 6.78. The van der Waals surface area contributed by atoms with Gasteiger partial charge in [-0.15, -0.1) is 0 Å². The van der Waals surface area contributed by atoms with Crippen LogP contribution < -0.4 is 10.1 Å². The van der Waals surface area contributed by atoms with Crippen LogP contribution >= 0.6 is 0 Å². The smallest absolute Gasteiger partial charge is 0.226 e. The summed E-state index contributed by atoms with van der Waals surface area (Å²) in [4.78, 5) is 16.1. The standard InChI is InChI=1S/C20H29N3O3/c1-15(2)20-22-19(26-23-20)11-7-12-21-18(24)10-4-5-13-25-17-9-6-8-16(3)14-17/h6,8-9,14-15H,4-5,7,10-13H2,1-3H3,(H,21,24). The first kappa shape index (κ1) is 19.9. The predicted octanol–water partition coefficient (Wildman–Crippen LogP) is 3.80. The van der Waals surface area contributed by atoms with Crippen molar-refractivity contribution >= 4 is 5.91 Å². The summed E-state index contributed by atoms with van der Waals surface area (Å²) in [5.74, 6) is 2.60. The van der Waals surface area contributed by atoms with Crippen LogP contribution in [0.5, 0.6) is 5.75 Å². The van der Waals surface area contributed by atoms with E-state index in [-0.39, 0.29) is 11.8 Å². The van der Waals surface area contributed by atoms with Crippen molar-refractivity contribution in [2.75, 3.05) is 13.2 Å². The third-order valence-corrected chi connectivity index (χ3v) is 3.95. The normalized spacial score (nSPS) is 10.9. The van der Waals surface area contributed by atoms with E-state index in [2.05, 4.69) is 15.5 Å². The molecule has 6 nitrogen and oxygen atoms in total. The molecule has 0 unspecified atom stereocenters. The Morgan fingerprint density at radius 2 is 2.12 bits per heavy atom. The molecule has 1 heterocycles. The van der Waals surface area contributed by atoms with Crippen molar-refractivity contribution in [3.63, 3.8) is 0 Å². The van der Waals surface area contributed by atoms with Gasteiger partial charge in [-0.3, -0.25) is 4.79 Å². The molecule has 0 aliphatic carbocycles. The van der Waals surface area contributed by atoms with Gasteiger partial charge in [-0.05, 0) is 43.9 Å². The summed E-state index contributed by atoms with van der Waals surface area (Å²) in [5, 5.41) is 6.86. The van der Waals surface area contributed by atoms with Gasteiger partial charge in [0.15, 0.2) is 5.82 Å². The van der Waals surface area contributed by atoms with Crippen molar-refractivity contribution in [3.8, 4) is 5.75 Å². The summed E-state index contributed by atoms with van der Waals surface area (Å²) in [6.07, 6.45) is 3.68. The Kier molecular flexibility index (Phi) is 8.12. The van der Waals surface area contributed by atoms with Crippen molar-refractivity contribution in [2.24, 2.45) is 0 Å². The van der Waals surface area contributed by atoms with Crippen molar-refractivity contribution in [3.05, 3.63) is 41.5 Å². The summed E-state index contributed by atoms with van der Waals surface area (Å²) in [7, 11) is 0. The van der Waals surface area contributed by atoms with Gasteiger partial charge in [0, 0.05) is 25.3 Å². The monoisotopic (exact) mass is 359 g/mol. The lowest BCUT2D eigenvalue weighted by atomic mass is 10.2. The Labute approximate surface area is 155 Å². The zero-order chi connectivity index (χ0) is 18.8. The molecule has 0 saturated carbocycles. The van der Waals surface area contributed by atoms with Crippen molar-refractivity contribution in [1.82, 2.24) is 15.5 Å². The number of carbonyl (C=O) groups excluding carboxylic acids is 1. The number of amides is 1. The second-order valence-electron chi connectivity index (χ2n) is 6.78. The fraction of sp³-hybridized carbons (Fsp3) is 0.550. The summed E-state index contributed by atoms with van der Waals surface area (Å²) in [6, 6.07) is 7.99. The zero-order valence-corrected chi connectivity index (χ0v) is 16.0. The molecule has 2 rings (SSSR count). The number of nitrogens with zero attached hydrogens (tertiary/aromatic N) is 2. The SMILES string of the molecule is Cc1cccc(OCCCCC(=O)NCCCc2nc(C(C)C)no2)c1. The number of carbonyl (C=O) groups is 1. The van der Waals surface area contributed by atoms with Crippen LogP contribution in [0.25, 0.3) is 0 Å². The minimum Gasteiger partial charge on any atom is -0.494 e. The van der Waals surface area contributed by atoms with Gasteiger partial charge >= 0.3 is 0 Å². The van der Waals surface area contributed by atoms with Gasteiger partial charge in [0.25, 0.3) is 0 Å². The molecule has 0 fully saturated rings. The van der Waals surface area contributed by atoms with Crippen LogP contribution in [0, 0.1) is 6.92 Å². The molecule has 1 aromatic carbocycles. The number of aromatic nitrogens is 2. The molecular formula is C20H29N3O3. The van der Waals surface area contributed by atoms with Crippen LogP contribution in [-0.4, -0.2) is 29.2 Å². The molecule has 0 aliphatic heterocycles. The molecule has 2 aromatic rings. The van der Waals surface area contributed by atoms with Crippen molar-refractivity contribution < 1.29 is 14.1 Å². The summed E-state index contributed by atoms with van der Waals surface area (Å²) in [6.45, 7) is 7.35. The van der Waals surface area contributed by atoms with Gasteiger partial charge in [0.2, 0.25) is 11.8 Å². The van der Waals surface area contributed by atoms with E-state index in [1.807, 2.05) is 45.0 Å². The van der Waals surface area contributed by atoms with Gasteiger partial charge in [-0.2, -0.15) is 4.98 Å². The maximum Gasteiger partial charge on any atom is 0.226 e. The van der Waals surface area contributed by atoms with Crippen molar-refractivity contribution in [1.29, 1.82) is 0 Å². The molecule has 0 bridgehead atoms. The quantitative estimate of drug-likeness (QED) is 0.618. The highest BCUT2D eigenvalue weighted by atomic mass is 16.5.